The highest BCUT2D eigenvalue weighted by molar-refractivity contribution is 14.1. The number of hydrogen-bond donors (Lipinski definition) is 0. The molecule has 106 valence electrons. The summed E-state index contributed by atoms with van der Waals surface area (Å²) >= 11 is 2.22. The highest BCUT2D eigenvalue weighted by Gasteiger charge is 2.13. The average Bonchev–Trinajstić information content (AvgIpc) is 2.52. The van der Waals surface area contributed by atoms with E-state index in [4.69, 9.17) is 5.26 Å². The molecule has 0 unspecified atom stereocenters. The van der Waals surface area contributed by atoms with Crippen molar-refractivity contribution in [3.05, 3.63) is 63.7 Å². The minimum absolute atomic E-state index is 0.0631. The zero-order valence-corrected chi connectivity index (χ0v) is 13.7. The summed E-state index contributed by atoms with van der Waals surface area (Å²) in [5, 5.41) is 8.78. The summed E-state index contributed by atoms with van der Waals surface area (Å²) in [6.45, 7) is 0.836. The number of halogens is 1. The van der Waals surface area contributed by atoms with Gasteiger partial charge >= 0.3 is 0 Å². The second-order valence-electron chi connectivity index (χ2n) is 4.60. The fourth-order valence-electron chi connectivity index (χ4n) is 2.02. The van der Waals surface area contributed by atoms with Gasteiger partial charge in [-0.1, -0.05) is 30.3 Å². The largest absolute Gasteiger partial charge is 0.363 e. The number of carbonyl (C=O) groups is 1. The van der Waals surface area contributed by atoms with E-state index < -0.39 is 0 Å². The molecule has 3 nitrogen and oxygen atoms in total. The van der Waals surface area contributed by atoms with Gasteiger partial charge in [0.2, 0.25) is 0 Å². The molecular formula is C17H15IN2O. The van der Waals surface area contributed by atoms with Gasteiger partial charge < -0.3 is 4.90 Å². The standard InChI is InChI=1S/C17H15IN2O/c18-15-9-7-14(8-10-15)17(21)13-20(12-4-11-19)16-5-2-1-3-6-16/h1-3,5-10H,4,12-13H2. The average molecular weight is 390 g/mol. The lowest BCUT2D eigenvalue weighted by Gasteiger charge is -2.23. The maximum Gasteiger partial charge on any atom is 0.182 e. The number of para-hydroxylation sites is 1. The number of hydrogen-bond acceptors (Lipinski definition) is 3. The zero-order valence-electron chi connectivity index (χ0n) is 11.5. The maximum atomic E-state index is 12.4. The lowest BCUT2D eigenvalue weighted by molar-refractivity contribution is 0.0999. The number of ketones is 1. The minimum Gasteiger partial charge on any atom is -0.363 e. The van der Waals surface area contributed by atoms with Crippen molar-refractivity contribution in [2.24, 2.45) is 0 Å². The normalized spacial score (nSPS) is 9.90. The second-order valence-corrected chi connectivity index (χ2v) is 5.84. The van der Waals surface area contributed by atoms with Crippen LogP contribution < -0.4 is 4.90 Å². The van der Waals surface area contributed by atoms with Crippen molar-refractivity contribution < 1.29 is 4.79 Å². The molecule has 0 N–H and O–H groups in total. The van der Waals surface area contributed by atoms with Gasteiger partial charge in [-0.2, -0.15) is 5.26 Å². The van der Waals surface area contributed by atoms with E-state index in [9.17, 15) is 4.79 Å². The fraction of sp³-hybridized carbons (Fsp3) is 0.176. The van der Waals surface area contributed by atoms with Gasteiger partial charge in [-0.05, 0) is 46.9 Å². The molecule has 0 amide bonds. The van der Waals surface area contributed by atoms with Crippen molar-refractivity contribution in [3.8, 4) is 6.07 Å². The third-order valence-corrected chi connectivity index (χ3v) is 3.83. The molecule has 0 aliphatic carbocycles. The van der Waals surface area contributed by atoms with Crippen LogP contribution in [0.25, 0.3) is 0 Å². The molecule has 0 atom stereocenters. The van der Waals surface area contributed by atoms with Crippen LogP contribution in [0.1, 0.15) is 16.8 Å². The second kappa shape index (κ2) is 7.79. The molecule has 2 rings (SSSR count). The van der Waals surface area contributed by atoms with Crippen molar-refractivity contribution in [1.29, 1.82) is 5.26 Å². The summed E-state index contributed by atoms with van der Waals surface area (Å²) in [7, 11) is 0. The van der Waals surface area contributed by atoms with Crippen molar-refractivity contribution in [3.63, 3.8) is 0 Å². The van der Waals surface area contributed by atoms with Gasteiger partial charge in [0, 0.05) is 21.4 Å². The molecule has 4 heteroatoms. The zero-order chi connectivity index (χ0) is 15.1. The number of nitrogens with zero attached hydrogens (tertiary/aromatic N) is 2. The van der Waals surface area contributed by atoms with Crippen LogP contribution >= 0.6 is 22.6 Å². The molecule has 0 aliphatic heterocycles. The van der Waals surface area contributed by atoms with Crippen LogP contribution in [0, 0.1) is 14.9 Å². The Kier molecular flexibility index (Phi) is 5.76. The Hall–Kier alpha value is -1.87. The van der Waals surface area contributed by atoms with Crippen molar-refractivity contribution in [1.82, 2.24) is 0 Å². The number of rotatable bonds is 6. The third-order valence-electron chi connectivity index (χ3n) is 3.12. The smallest absolute Gasteiger partial charge is 0.182 e. The van der Waals surface area contributed by atoms with Gasteiger partial charge in [-0.25, -0.2) is 0 Å². The van der Waals surface area contributed by atoms with E-state index in [0.717, 1.165) is 9.26 Å². The van der Waals surface area contributed by atoms with Gasteiger partial charge in [0.1, 0.15) is 0 Å². The molecule has 0 spiro atoms. The molecule has 0 saturated carbocycles. The summed E-state index contributed by atoms with van der Waals surface area (Å²) in [4.78, 5) is 14.3. The summed E-state index contributed by atoms with van der Waals surface area (Å²) in [6.07, 6.45) is 0.398. The Morgan fingerprint density at radius 1 is 1.10 bits per heavy atom. The molecule has 21 heavy (non-hydrogen) atoms. The lowest BCUT2D eigenvalue weighted by Crippen LogP contribution is -2.30. The van der Waals surface area contributed by atoms with E-state index in [1.165, 1.54) is 0 Å². The van der Waals surface area contributed by atoms with E-state index in [-0.39, 0.29) is 12.3 Å². The Morgan fingerprint density at radius 2 is 1.76 bits per heavy atom. The lowest BCUT2D eigenvalue weighted by atomic mass is 10.1. The Bertz CT molecular complexity index is 632. The molecule has 0 heterocycles. The van der Waals surface area contributed by atoms with E-state index >= 15 is 0 Å². The molecular weight excluding hydrogens is 375 g/mol. The highest BCUT2D eigenvalue weighted by atomic mass is 127. The topological polar surface area (TPSA) is 44.1 Å². The van der Waals surface area contributed by atoms with Crippen LogP contribution in [-0.2, 0) is 0 Å². The number of carbonyl (C=O) groups excluding carboxylic acids is 1. The first-order valence-electron chi connectivity index (χ1n) is 6.66. The Labute approximate surface area is 138 Å². The quantitative estimate of drug-likeness (QED) is 0.555. The molecule has 0 aromatic heterocycles. The Morgan fingerprint density at radius 3 is 2.38 bits per heavy atom. The van der Waals surface area contributed by atoms with Gasteiger partial charge in [0.15, 0.2) is 5.78 Å². The predicted molar refractivity (Wildman–Crippen MR) is 92.4 cm³/mol. The van der Waals surface area contributed by atoms with E-state index in [0.29, 0.717) is 18.5 Å². The molecule has 0 fully saturated rings. The van der Waals surface area contributed by atoms with Crippen LogP contribution in [0.4, 0.5) is 5.69 Å². The van der Waals surface area contributed by atoms with Gasteiger partial charge in [-0.3, -0.25) is 4.79 Å². The summed E-state index contributed by atoms with van der Waals surface area (Å²) in [5.74, 6) is 0.0631. The minimum atomic E-state index is 0.0631. The van der Waals surface area contributed by atoms with Gasteiger partial charge in [0.25, 0.3) is 0 Å². The first kappa shape index (κ1) is 15.5. The van der Waals surface area contributed by atoms with Gasteiger partial charge in [0.05, 0.1) is 19.0 Å². The Balaban J connectivity index is 2.13. The maximum absolute atomic E-state index is 12.4. The number of benzene rings is 2. The van der Waals surface area contributed by atoms with Gasteiger partial charge in [-0.15, -0.1) is 0 Å². The molecule has 2 aromatic carbocycles. The number of Topliss-reactive ketones (excluding diaryl/α,β-unsaturated/α-hetero) is 1. The summed E-state index contributed by atoms with van der Waals surface area (Å²) in [6, 6.07) is 19.4. The molecule has 2 aromatic rings. The van der Waals surface area contributed by atoms with Crippen molar-refractivity contribution in [2.75, 3.05) is 18.0 Å². The number of anilines is 1. The third kappa shape index (κ3) is 4.57. The summed E-state index contributed by atoms with van der Waals surface area (Å²) in [5.41, 5.74) is 1.67. The van der Waals surface area contributed by atoms with Crippen LogP contribution in [-0.4, -0.2) is 18.9 Å². The van der Waals surface area contributed by atoms with Crippen LogP contribution in [0.15, 0.2) is 54.6 Å². The SMILES string of the molecule is N#CCCN(CC(=O)c1ccc(I)cc1)c1ccccc1. The fourth-order valence-corrected chi connectivity index (χ4v) is 2.38. The van der Waals surface area contributed by atoms with Crippen LogP contribution in [0.2, 0.25) is 0 Å². The van der Waals surface area contributed by atoms with E-state index in [2.05, 4.69) is 28.7 Å². The number of nitriles is 1. The predicted octanol–water partition coefficient (Wildman–Crippen LogP) is 3.89. The van der Waals surface area contributed by atoms with E-state index in [1.807, 2.05) is 59.5 Å². The summed E-state index contributed by atoms with van der Waals surface area (Å²) < 4.78 is 1.11. The van der Waals surface area contributed by atoms with Crippen molar-refractivity contribution >= 4 is 34.1 Å². The first-order valence-corrected chi connectivity index (χ1v) is 7.74. The first-order chi connectivity index (χ1) is 10.2. The molecule has 0 radical (unpaired) electrons. The molecule has 0 aliphatic rings. The van der Waals surface area contributed by atoms with Crippen LogP contribution in [0.3, 0.4) is 0 Å². The van der Waals surface area contributed by atoms with Crippen molar-refractivity contribution in [2.45, 2.75) is 6.42 Å². The molecule has 0 bridgehead atoms. The monoisotopic (exact) mass is 390 g/mol. The van der Waals surface area contributed by atoms with Crippen LogP contribution in [0.5, 0.6) is 0 Å². The molecule has 0 saturated heterocycles. The highest BCUT2D eigenvalue weighted by Crippen LogP contribution is 2.15. The van der Waals surface area contributed by atoms with E-state index in [1.54, 1.807) is 0 Å².